The van der Waals surface area contributed by atoms with E-state index in [2.05, 4.69) is 10.2 Å². The van der Waals surface area contributed by atoms with E-state index in [0.29, 0.717) is 11.5 Å². The van der Waals surface area contributed by atoms with E-state index in [1.807, 2.05) is 42.3 Å². The Bertz CT molecular complexity index is 514. The van der Waals surface area contributed by atoms with Crippen molar-refractivity contribution in [1.82, 2.24) is 10.2 Å². The second-order valence-corrected chi connectivity index (χ2v) is 3.77. The molecule has 0 aliphatic carbocycles. The fraction of sp³-hybridized carbons (Fsp3) is 0.231. The Hall–Kier alpha value is -2.14. The van der Waals surface area contributed by atoms with Crippen molar-refractivity contribution in [2.75, 3.05) is 19.1 Å². The summed E-state index contributed by atoms with van der Waals surface area (Å²) in [5, 5.41) is 16.9. The minimum atomic E-state index is -0.106. The van der Waals surface area contributed by atoms with Crippen LogP contribution in [0.5, 0.6) is 5.75 Å². The Kier molecular flexibility index (Phi) is 3.74. The van der Waals surface area contributed by atoms with Gasteiger partial charge in [-0.2, -0.15) is 5.10 Å². The second kappa shape index (κ2) is 5.46. The molecular weight excluding hydrogens is 230 g/mol. The summed E-state index contributed by atoms with van der Waals surface area (Å²) < 4.78 is 5.30. The van der Waals surface area contributed by atoms with Crippen LogP contribution in [-0.2, 0) is 6.61 Å². The highest BCUT2D eigenvalue weighted by Gasteiger charge is 2.10. The summed E-state index contributed by atoms with van der Waals surface area (Å²) in [7, 11) is 3.52. The zero-order valence-corrected chi connectivity index (χ0v) is 10.4. The van der Waals surface area contributed by atoms with Crippen molar-refractivity contribution in [2.24, 2.45) is 0 Å². The fourth-order valence-electron chi connectivity index (χ4n) is 1.65. The average Bonchev–Trinajstić information content (AvgIpc) is 2.46. The summed E-state index contributed by atoms with van der Waals surface area (Å²) in [6.45, 7) is -0.106. The molecule has 0 aliphatic rings. The van der Waals surface area contributed by atoms with E-state index >= 15 is 0 Å². The molecule has 2 aromatic rings. The molecule has 1 heterocycles. The van der Waals surface area contributed by atoms with E-state index in [4.69, 9.17) is 9.84 Å². The first-order valence-corrected chi connectivity index (χ1v) is 5.56. The molecule has 94 valence electrons. The van der Waals surface area contributed by atoms with Crippen LogP contribution >= 0.6 is 0 Å². The molecule has 0 saturated heterocycles. The lowest BCUT2D eigenvalue weighted by Crippen LogP contribution is -2.13. The Balaban J connectivity index is 2.31. The van der Waals surface area contributed by atoms with Gasteiger partial charge in [0.1, 0.15) is 5.75 Å². The maximum atomic E-state index is 8.93. The number of aliphatic hydroxyl groups is 1. The summed E-state index contributed by atoms with van der Waals surface area (Å²) in [5.41, 5.74) is 1.46. The summed E-state index contributed by atoms with van der Waals surface area (Å²) in [6, 6.07) is 11.2. The molecule has 18 heavy (non-hydrogen) atoms. The van der Waals surface area contributed by atoms with Crippen molar-refractivity contribution in [3.63, 3.8) is 0 Å². The van der Waals surface area contributed by atoms with Gasteiger partial charge in [-0.15, -0.1) is 5.10 Å². The number of nitrogens with zero attached hydrogens (tertiary/aromatic N) is 3. The number of methoxy groups -OCH3 is 1. The largest absolute Gasteiger partial charge is 0.495 e. The number of aliphatic hydroxyl groups excluding tert-OH is 1. The fourth-order valence-corrected chi connectivity index (χ4v) is 1.65. The zero-order chi connectivity index (χ0) is 13.0. The highest BCUT2D eigenvalue weighted by molar-refractivity contribution is 5.66. The molecule has 1 aromatic carbocycles. The number of para-hydroxylation sites is 2. The Labute approximate surface area is 106 Å². The lowest BCUT2D eigenvalue weighted by atomic mass is 10.2. The summed E-state index contributed by atoms with van der Waals surface area (Å²) in [5.74, 6) is 1.46. The SMILES string of the molecule is COc1ccccc1N(C)c1ccc(CO)nn1. The minimum absolute atomic E-state index is 0.106. The van der Waals surface area contributed by atoms with Crippen LogP contribution in [0.1, 0.15) is 5.69 Å². The molecule has 0 amide bonds. The van der Waals surface area contributed by atoms with Crippen LogP contribution in [0.2, 0.25) is 0 Å². The minimum Gasteiger partial charge on any atom is -0.495 e. The van der Waals surface area contributed by atoms with Crippen molar-refractivity contribution in [1.29, 1.82) is 0 Å². The van der Waals surface area contributed by atoms with Crippen LogP contribution in [0, 0.1) is 0 Å². The monoisotopic (exact) mass is 245 g/mol. The maximum Gasteiger partial charge on any atom is 0.155 e. The summed E-state index contributed by atoms with van der Waals surface area (Å²) >= 11 is 0. The highest BCUT2D eigenvalue weighted by Crippen LogP contribution is 2.30. The smallest absolute Gasteiger partial charge is 0.155 e. The molecular formula is C13H15N3O2. The molecule has 0 radical (unpaired) electrons. The Morgan fingerprint density at radius 1 is 1.17 bits per heavy atom. The van der Waals surface area contributed by atoms with Gasteiger partial charge < -0.3 is 14.7 Å². The van der Waals surface area contributed by atoms with Gasteiger partial charge in [0.15, 0.2) is 5.82 Å². The molecule has 2 rings (SSSR count). The normalized spacial score (nSPS) is 10.2. The van der Waals surface area contributed by atoms with Gasteiger partial charge in [-0.25, -0.2) is 0 Å². The first kappa shape index (κ1) is 12.3. The predicted octanol–water partition coefficient (Wildman–Crippen LogP) is 1.75. The molecule has 5 nitrogen and oxygen atoms in total. The van der Waals surface area contributed by atoms with Gasteiger partial charge in [0, 0.05) is 7.05 Å². The van der Waals surface area contributed by atoms with E-state index in [-0.39, 0.29) is 6.61 Å². The molecule has 0 atom stereocenters. The molecule has 0 saturated carbocycles. The standard InChI is InChI=1S/C13H15N3O2/c1-16(11-5-3-4-6-12(11)18-2)13-8-7-10(9-17)14-15-13/h3-8,17H,9H2,1-2H3. The van der Waals surface area contributed by atoms with Crippen LogP contribution in [0.25, 0.3) is 0 Å². The maximum absolute atomic E-state index is 8.93. The third-order valence-electron chi connectivity index (χ3n) is 2.66. The third-order valence-corrected chi connectivity index (χ3v) is 2.66. The number of aromatic nitrogens is 2. The quantitative estimate of drug-likeness (QED) is 0.889. The molecule has 5 heteroatoms. The van der Waals surface area contributed by atoms with Crippen LogP contribution in [0.4, 0.5) is 11.5 Å². The van der Waals surface area contributed by atoms with E-state index in [1.54, 1.807) is 13.2 Å². The van der Waals surface area contributed by atoms with Gasteiger partial charge in [0.2, 0.25) is 0 Å². The third kappa shape index (κ3) is 2.41. The van der Waals surface area contributed by atoms with Gasteiger partial charge in [-0.05, 0) is 24.3 Å². The summed E-state index contributed by atoms with van der Waals surface area (Å²) in [4.78, 5) is 1.88. The van der Waals surface area contributed by atoms with E-state index in [0.717, 1.165) is 11.4 Å². The highest BCUT2D eigenvalue weighted by atomic mass is 16.5. The average molecular weight is 245 g/mol. The molecule has 0 fully saturated rings. The van der Waals surface area contributed by atoms with Crippen LogP contribution < -0.4 is 9.64 Å². The summed E-state index contributed by atoms with van der Waals surface area (Å²) in [6.07, 6.45) is 0. The molecule has 0 aliphatic heterocycles. The number of anilines is 2. The second-order valence-electron chi connectivity index (χ2n) is 3.77. The number of ether oxygens (including phenoxy) is 1. The van der Waals surface area contributed by atoms with Crippen LogP contribution in [0.3, 0.4) is 0 Å². The predicted molar refractivity (Wildman–Crippen MR) is 69.0 cm³/mol. The van der Waals surface area contributed by atoms with E-state index in [9.17, 15) is 0 Å². The van der Waals surface area contributed by atoms with Crippen LogP contribution in [-0.4, -0.2) is 29.5 Å². The molecule has 1 aromatic heterocycles. The lowest BCUT2D eigenvalue weighted by Gasteiger charge is -2.20. The molecule has 0 spiro atoms. The number of hydrogen-bond donors (Lipinski definition) is 1. The van der Waals surface area contributed by atoms with Crippen molar-refractivity contribution < 1.29 is 9.84 Å². The van der Waals surface area contributed by atoms with Crippen molar-refractivity contribution in [2.45, 2.75) is 6.61 Å². The molecule has 0 bridgehead atoms. The van der Waals surface area contributed by atoms with Crippen molar-refractivity contribution >= 4 is 11.5 Å². The van der Waals surface area contributed by atoms with E-state index in [1.165, 1.54) is 0 Å². The first-order valence-electron chi connectivity index (χ1n) is 5.56. The number of hydrogen-bond acceptors (Lipinski definition) is 5. The number of benzene rings is 1. The van der Waals surface area contributed by atoms with Gasteiger partial charge in [-0.3, -0.25) is 0 Å². The Morgan fingerprint density at radius 3 is 2.56 bits per heavy atom. The zero-order valence-electron chi connectivity index (χ0n) is 10.4. The first-order chi connectivity index (χ1) is 8.76. The van der Waals surface area contributed by atoms with Crippen molar-refractivity contribution in [3.05, 3.63) is 42.1 Å². The Morgan fingerprint density at radius 2 is 1.94 bits per heavy atom. The van der Waals surface area contributed by atoms with Crippen molar-refractivity contribution in [3.8, 4) is 5.75 Å². The van der Waals surface area contributed by atoms with E-state index < -0.39 is 0 Å². The van der Waals surface area contributed by atoms with Gasteiger partial charge >= 0.3 is 0 Å². The molecule has 0 unspecified atom stereocenters. The van der Waals surface area contributed by atoms with Gasteiger partial charge in [0.05, 0.1) is 25.1 Å². The number of rotatable bonds is 4. The van der Waals surface area contributed by atoms with Gasteiger partial charge in [0.25, 0.3) is 0 Å². The van der Waals surface area contributed by atoms with Gasteiger partial charge in [-0.1, -0.05) is 12.1 Å². The molecule has 1 N–H and O–H groups in total. The van der Waals surface area contributed by atoms with Crippen LogP contribution in [0.15, 0.2) is 36.4 Å². The lowest BCUT2D eigenvalue weighted by molar-refractivity contribution is 0.275. The topological polar surface area (TPSA) is 58.5 Å².